The minimum atomic E-state index is -0.639. The number of carbonyl (C=O) groups is 2. The number of furan rings is 1. The van der Waals surface area contributed by atoms with Crippen LogP contribution in [-0.2, 0) is 16.1 Å². The van der Waals surface area contributed by atoms with Crippen LogP contribution in [0.1, 0.15) is 48.4 Å². The van der Waals surface area contributed by atoms with Gasteiger partial charge in [-0.2, -0.15) is 5.10 Å². The van der Waals surface area contributed by atoms with E-state index in [0.717, 1.165) is 12.8 Å². The Bertz CT molecular complexity index is 687. The Morgan fingerprint density at radius 1 is 1.28 bits per heavy atom. The lowest BCUT2D eigenvalue weighted by Crippen LogP contribution is -2.33. The molecule has 7 heteroatoms. The predicted molar refractivity (Wildman–Crippen MR) is 89.9 cm³/mol. The maximum absolute atomic E-state index is 12.0. The van der Waals surface area contributed by atoms with Crippen LogP contribution in [0.25, 0.3) is 0 Å². The molecule has 1 N–H and O–H groups in total. The van der Waals surface area contributed by atoms with Crippen molar-refractivity contribution in [3.8, 4) is 0 Å². The highest BCUT2D eigenvalue weighted by molar-refractivity contribution is 5.88. The van der Waals surface area contributed by atoms with Crippen LogP contribution in [-0.4, -0.2) is 34.8 Å². The number of rotatable bonds is 7. The minimum absolute atomic E-state index is 0.0854. The molecule has 0 radical (unpaired) electrons. The van der Waals surface area contributed by atoms with Crippen LogP contribution in [0.3, 0.4) is 0 Å². The van der Waals surface area contributed by atoms with Gasteiger partial charge in [0.05, 0.1) is 6.54 Å². The van der Waals surface area contributed by atoms with E-state index in [4.69, 9.17) is 9.15 Å². The second-order valence-corrected chi connectivity index (χ2v) is 6.35. The number of aromatic nitrogens is 2. The first-order valence-corrected chi connectivity index (χ1v) is 8.70. The van der Waals surface area contributed by atoms with E-state index in [1.165, 1.54) is 19.3 Å². The Labute approximate surface area is 146 Å². The average Bonchev–Trinajstić information content (AvgIpc) is 3.31. The van der Waals surface area contributed by atoms with Crippen molar-refractivity contribution in [1.29, 1.82) is 0 Å². The van der Waals surface area contributed by atoms with Crippen molar-refractivity contribution in [3.05, 3.63) is 42.1 Å². The summed E-state index contributed by atoms with van der Waals surface area (Å²) in [5.74, 6) is 0.310. The molecule has 3 rings (SSSR count). The first kappa shape index (κ1) is 17.3. The maximum atomic E-state index is 12.0. The Hall–Kier alpha value is -2.57. The van der Waals surface area contributed by atoms with Crippen LogP contribution in [0.15, 0.2) is 35.0 Å². The van der Waals surface area contributed by atoms with Gasteiger partial charge in [-0.3, -0.25) is 9.48 Å². The fraction of sp³-hybridized carbons (Fsp3) is 0.500. The maximum Gasteiger partial charge on any atom is 0.374 e. The lowest BCUT2D eigenvalue weighted by Gasteiger charge is -2.21. The van der Waals surface area contributed by atoms with Crippen molar-refractivity contribution in [2.75, 3.05) is 13.2 Å². The van der Waals surface area contributed by atoms with Crippen LogP contribution >= 0.6 is 0 Å². The summed E-state index contributed by atoms with van der Waals surface area (Å²) in [6, 6.07) is 5.05. The molecule has 2 aromatic heterocycles. The number of esters is 1. The third kappa shape index (κ3) is 5.20. The highest BCUT2D eigenvalue weighted by Gasteiger charge is 2.17. The van der Waals surface area contributed by atoms with E-state index in [2.05, 4.69) is 10.4 Å². The largest absolute Gasteiger partial charge is 0.452 e. The topological polar surface area (TPSA) is 86.4 Å². The van der Waals surface area contributed by atoms with Gasteiger partial charge in [0.15, 0.2) is 6.61 Å². The number of hydrogen-bond acceptors (Lipinski definition) is 5. The smallest absolute Gasteiger partial charge is 0.374 e. The number of amides is 1. The van der Waals surface area contributed by atoms with Crippen LogP contribution in [0, 0.1) is 5.92 Å². The number of nitrogens with one attached hydrogen (secondary N) is 1. The van der Waals surface area contributed by atoms with Crippen molar-refractivity contribution in [1.82, 2.24) is 15.1 Å². The fourth-order valence-electron chi connectivity index (χ4n) is 3.03. The fourth-order valence-corrected chi connectivity index (χ4v) is 3.03. The summed E-state index contributed by atoms with van der Waals surface area (Å²) < 4.78 is 12.1. The second-order valence-electron chi connectivity index (χ2n) is 6.35. The van der Waals surface area contributed by atoms with E-state index < -0.39 is 5.97 Å². The zero-order valence-corrected chi connectivity index (χ0v) is 14.1. The second kappa shape index (κ2) is 8.50. The minimum Gasteiger partial charge on any atom is -0.452 e. The quantitative estimate of drug-likeness (QED) is 0.779. The highest BCUT2D eigenvalue weighted by atomic mass is 16.5. The normalized spacial score (nSPS) is 15.0. The molecule has 0 aromatic carbocycles. The highest BCUT2D eigenvalue weighted by Crippen LogP contribution is 2.22. The van der Waals surface area contributed by atoms with Crippen molar-refractivity contribution in [2.24, 2.45) is 5.92 Å². The van der Waals surface area contributed by atoms with Gasteiger partial charge in [-0.15, -0.1) is 0 Å². The predicted octanol–water partition coefficient (Wildman–Crippen LogP) is 2.38. The van der Waals surface area contributed by atoms with Gasteiger partial charge >= 0.3 is 5.97 Å². The van der Waals surface area contributed by atoms with E-state index in [0.29, 0.717) is 24.8 Å². The molecule has 7 nitrogen and oxygen atoms in total. The molecule has 1 aliphatic rings. The van der Waals surface area contributed by atoms with Crippen LogP contribution in [0.4, 0.5) is 0 Å². The van der Waals surface area contributed by atoms with Gasteiger partial charge in [-0.05, 0) is 37.0 Å². The summed E-state index contributed by atoms with van der Waals surface area (Å²) in [6.45, 7) is 0.800. The summed E-state index contributed by atoms with van der Waals surface area (Å²) in [6.07, 6.45) is 9.54. The Kier molecular flexibility index (Phi) is 5.87. The van der Waals surface area contributed by atoms with Gasteiger partial charge in [-0.1, -0.05) is 19.3 Å². The molecule has 25 heavy (non-hydrogen) atoms. The Balaban J connectivity index is 1.39. The first-order chi connectivity index (χ1) is 12.2. The van der Waals surface area contributed by atoms with E-state index in [9.17, 15) is 9.59 Å². The zero-order chi connectivity index (χ0) is 17.5. The number of hydrogen-bond donors (Lipinski definition) is 1. The summed E-state index contributed by atoms with van der Waals surface area (Å²) >= 11 is 0. The van der Waals surface area contributed by atoms with E-state index >= 15 is 0 Å². The molecule has 2 aromatic rings. The zero-order valence-electron chi connectivity index (χ0n) is 14.1. The summed E-state index contributed by atoms with van der Waals surface area (Å²) in [7, 11) is 0. The van der Waals surface area contributed by atoms with Crippen molar-refractivity contribution < 1.29 is 18.7 Å². The van der Waals surface area contributed by atoms with E-state index in [1.54, 1.807) is 29.2 Å². The molecule has 0 bridgehead atoms. The molecule has 1 aliphatic carbocycles. The first-order valence-electron chi connectivity index (χ1n) is 8.70. The molecule has 2 heterocycles. The third-order valence-corrected chi connectivity index (χ3v) is 4.39. The standard InChI is InChI=1S/C18H23N3O4/c22-17(19-11-14-5-2-1-3-6-14)13-24-18(23)16-8-7-15(25-16)12-21-10-4-9-20-21/h4,7-10,14H,1-3,5-6,11-13H2,(H,19,22). The van der Waals surface area contributed by atoms with Crippen LogP contribution in [0.2, 0.25) is 0 Å². The summed E-state index contributed by atoms with van der Waals surface area (Å²) in [5.41, 5.74) is 0. The molecule has 1 fully saturated rings. The molecule has 1 saturated carbocycles. The number of nitrogens with zero attached hydrogens (tertiary/aromatic N) is 2. The van der Waals surface area contributed by atoms with Crippen LogP contribution in [0.5, 0.6) is 0 Å². The lowest BCUT2D eigenvalue weighted by atomic mass is 9.89. The van der Waals surface area contributed by atoms with Gasteiger partial charge in [0.2, 0.25) is 5.76 Å². The van der Waals surface area contributed by atoms with Gasteiger partial charge in [0.1, 0.15) is 5.76 Å². The average molecular weight is 345 g/mol. The molecule has 0 unspecified atom stereocenters. The SMILES string of the molecule is O=C(COC(=O)c1ccc(Cn2cccn2)o1)NCC1CCCCC1. The van der Waals surface area contributed by atoms with Crippen LogP contribution < -0.4 is 5.32 Å². The lowest BCUT2D eigenvalue weighted by molar-refractivity contribution is -0.124. The molecular formula is C18H23N3O4. The number of carbonyl (C=O) groups excluding carboxylic acids is 2. The monoisotopic (exact) mass is 345 g/mol. The van der Waals surface area contributed by atoms with Gasteiger partial charge in [0.25, 0.3) is 5.91 Å². The summed E-state index contributed by atoms with van der Waals surface area (Å²) in [5, 5.41) is 6.91. The van der Waals surface area contributed by atoms with E-state index in [1.807, 2.05) is 6.07 Å². The molecule has 0 atom stereocenters. The van der Waals surface area contributed by atoms with Gasteiger partial charge in [-0.25, -0.2) is 4.79 Å². The Morgan fingerprint density at radius 3 is 2.88 bits per heavy atom. The van der Waals surface area contributed by atoms with Crippen molar-refractivity contribution in [2.45, 2.75) is 38.6 Å². The molecule has 1 amide bonds. The number of ether oxygens (including phenoxy) is 1. The molecule has 0 saturated heterocycles. The van der Waals surface area contributed by atoms with Crippen molar-refractivity contribution in [3.63, 3.8) is 0 Å². The molecular weight excluding hydrogens is 322 g/mol. The van der Waals surface area contributed by atoms with Gasteiger partial charge < -0.3 is 14.5 Å². The van der Waals surface area contributed by atoms with Gasteiger partial charge in [0, 0.05) is 18.9 Å². The third-order valence-electron chi connectivity index (χ3n) is 4.39. The van der Waals surface area contributed by atoms with Crippen molar-refractivity contribution >= 4 is 11.9 Å². The molecule has 0 spiro atoms. The molecule has 134 valence electrons. The summed E-state index contributed by atoms with van der Waals surface area (Å²) in [4.78, 5) is 23.8. The molecule has 0 aliphatic heterocycles. The Morgan fingerprint density at radius 2 is 2.12 bits per heavy atom. The van der Waals surface area contributed by atoms with E-state index in [-0.39, 0.29) is 18.3 Å².